The first-order valence-corrected chi connectivity index (χ1v) is 5.49. The molecule has 4 heteroatoms. The van der Waals surface area contributed by atoms with E-state index in [0.717, 1.165) is 15.7 Å². The normalized spacial score (nSPS) is 15.6. The average Bonchev–Trinajstić information content (AvgIpc) is 3.01. The number of aromatic nitrogens is 1. The van der Waals surface area contributed by atoms with Gasteiger partial charge in [0.05, 0.1) is 12.8 Å². The van der Waals surface area contributed by atoms with Crippen LogP contribution in [0, 0.1) is 0 Å². The van der Waals surface area contributed by atoms with Gasteiger partial charge in [0.25, 0.3) is 0 Å². The number of hydrogen-bond donors (Lipinski definition) is 1. The van der Waals surface area contributed by atoms with Gasteiger partial charge in [-0.2, -0.15) is 0 Å². The Morgan fingerprint density at radius 1 is 1.64 bits per heavy atom. The molecule has 0 saturated heterocycles. The summed E-state index contributed by atoms with van der Waals surface area (Å²) >= 11 is 3.52. The minimum Gasteiger partial charge on any atom is -0.481 e. The third-order valence-electron chi connectivity index (χ3n) is 2.42. The molecule has 1 aliphatic rings. The van der Waals surface area contributed by atoms with Crippen LogP contribution in [-0.2, 0) is 6.54 Å². The van der Waals surface area contributed by atoms with E-state index in [1.807, 2.05) is 6.07 Å². The van der Waals surface area contributed by atoms with Crippen LogP contribution in [0.4, 0.5) is 0 Å². The third-order valence-corrected chi connectivity index (χ3v) is 3.05. The van der Waals surface area contributed by atoms with Crippen molar-refractivity contribution in [3.8, 4) is 5.88 Å². The van der Waals surface area contributed by atoms with E-state index < -0.39 is 0 Å². The van der Waals surface area contributed by atoms with E-state index in [9.17, 15) is 0 Å². The van der Waals surface area contributed by atoms with Crippen LogP contribution in [0.2, 0.25) is 0 Å². The van der Waals surface area contributed by atoms with Crippen molar-refractivity contribution in [3.05, 3.63) is 21.8 Å². The summed E-state index contributed by atoms with van der Waals surface area (Å²) in [5.74, 6) is 1.28. The Hall–Kier alpha value is -0.610. The van der Waals surface area contributed by atoms with Gasteiger partial charge in [0.1, 0.15) is 0 Å². The number of pyridine rings is 1. The van der Waals surface area contributed by atoms with Gasteiger partial charge in [0, 0.05) is 22.5 Å². The zero-order chi connectivity index (χ0) is 10.1. The summed E-state index contributed by atoms with van der Waals surface area (Å²) < 4.78 is 6.25. The summed E-state index contributed by atoms with van der Waals surface area (Å²) in [7, 11) is 1.63. The van der Waals surface area contributed by atoms with Crippen molar-refractivity contribution in [2.45, 2.75) is 25.3 Å². The Balaban J connectivity index is 2.42. The molecule has 0 spiro atoms. The fraction of sp³-hybridized carbons (Fsp3) is 0.500. The van der Waals surface area contributed by atoms with Gasteiger partial charge in [-0.05, 0) is 34.8 Å². The lowest BCUT2D eigenvalue weighted by Crippen LogP contribution is -2.04. The molecular formula is C10H13BrN2O. The van der Waals surface area contributed by atoms with Gasteiger partial charge in [-0.1, -0.05) is 0 Å². The number of ether oxygens (including phenoxy) is 1. The van der Waals surface area contributed by atoms with Gasteiger partial charge >= 0.3 is 0 Å². The average molecular weight is 257 g/mol. The first-order chi connectivity index (χ1) is 6.76. The number of rotatable bonds is 3. The number of halogens is 1. The minimum absolute atomic E-state index is 0.458. The molecule has 1 aliphatic carbocycles. The van der Waals surface area contributed by atoms with Crippen molar-refractivity contribution in [2.75, 3.05) is 7.11 Å². The maximum absolute atomic E-state index is 5.60. The molecule has 0 aliphatic heterocycles. The molecule has 76 valence electrons. The fourth-order valence-electron chi connectivity index (χ4n) is 1.49. The summed E-state index contributed by atoms with van der Waals surface area (Å²) in [6.07, 6.45) is 2.47. The van der Waals surface area contributed by atoms with E-state index in [1.54, 1.807) is 7.11 Å². The van der Waals surface area contributed by atoms with Crippen LogP contribution in [0.25, 0.3) is 0 Å². The predicted molar refractivity (Wildman–Crippen MR) is 58.4 cm³/mol. The molecule has 1 saturated carbocycles. The summed E-state index contributed by atoms with van der Waals surface area (Å²) in [6.45, 7) is 0.458. The van der Waals surface area contributed by atoms with E-state index >= 15 is 0 Å². The van der Waals surface area contributed by atoms with Crippen LogP contribution >= 0.6 is 15.9 Å². The third kappa shape index (κ3) is 1.77. The Labute approximate surface area is 91.8 Å². The quantitative estimate of drug-likeness (QED) is 0.902. The highest BCUT2D eigenvalue weighted by molar-refractivity contribution is 9.10. The number of nitrogens with two attached hydrogens (primary N) is 1. The van der Waals surface area contributed by atoms with Crippen LogP contribution in [0.5, 0.6) is 5.88 Å². The lowest BCUT2D eigenvalue weighted by Gasteiger charge is -2.09. The molecule has 2 rings (SSSR count). The number of hydrogen-bond acceptors (Lipinski definition) is 3. The van der Waals surface area contributed by atoms with E-state index in [-0.39, 0.29) is 0 Å². The second-order valence-corrected chi connectivity index (χ2v) is 4.36. The summed E-state index contributed by atoms with van der Waals surface area (Å²) in [6, 6.07) is 2.01. The SMILES string of the molecule is COc1nc(C2CC2)c(Br)cc1CN. The van der Waals surface area contributed by atoms with Crippen LogP contribution in [0.15, 0.2) is 10.5 Å². The Morgan fingerprint density at radius 2 is 2.36 bits per heavy atom. The zero-order valence-electron chi connectivity index (χ0n) is 8.09. The van der Waals surface area contributed by atoms with Crippen molar-refractivity contribution in [1.82, 2.24) is 4.98 Å². The molecule has 0 unspecified atom stereocenters. The van der Waals surface area contributed by atoms with Crippen LogP contribution in [0.3, 0.4) is 0 Å². The largest absolute Gasteiger partial charge is 0.481 e. The number of methoxy groups -OCH3 is 1. The topological polar surface area (TPSA) is 48.1 Å². The molecular weight excluding hydrogens is 244 g/mol. The fourth-order valence-corrected chi connectivity index (χ4v) is 2.18. The maximum Gasteiger partial charge on any atom is 0.217 e. The summed E-state index contributed by atoms with van der Waals surface area (Å²) in [4.78, 5) is 4.47. The van der Waals surface area contributed by atoms with Gasteiger partial charge in [0.2, 0.25) is 5.88 Å². The lowest BCUT2D eigenvalue weighted by molar-refractivity contribution is 0.390. The molecule has 0 atom stereocenters. The molecule has 14 heavy (non-hydrogen) atoms. The monoisotopic (exact) mass is 256 g/mol. The predicted octanol–water partition coefficient (Wildman–Crippen LogP) is 2.19. The Kier molecular flexibility index (Phi) is 2.74. The van der Waals surface area contributed by atoms with Crippen molar-refractivity contribution in [1.29, 1.82) is 0 Å². The molecule has 3 nitrogen and oxygen atoms in total. The van der Waals surface area contributed by atoms with Crippen molar-refractivity contribution in [3.63, 3.8) is 0 Å². The van der Waals surface area contributed by atoms with Gasteiger partial charge in [-0.25, -0.2) is 4.98 Å². The minimum atomic E-state index is 0.458. The van der Waals surface area contributed by atoms with E-state index in [2.05, 4.69) is 20.9 Å². The summed E-state index contributed by atoms with van der Waals surface area (Å²) in [5, 5.41) is 0. The molecule has 0 amide bonds. The smallest absolute Gasteiger partial charge is 0.217 e. The lowest BCUT2D eigenvalue weighted by atomic mass is 10.2. The molecule has 1 heterocycles. The standard InChI is InChI=1S/C10H13BrN2O/c1-14-10-7(5-12)4-8(11)9(13-10)6-2-3-6/h4,6H,2-3,5,12H2,1H3. The highest BCUT2D eigenvalue weighted by Crippen LogP contribution is 2.43. The second kappa shape index (κ2) is 3.87. The van der Waals surface area contributed by atoms with Crippen LogP contribution in [-0.4, -0.2) is 12.1 Å². The Bertz CT molecular complexity index is 350. The van der Waals surface area contributed by atoms with Gasteiger partial charge in [-0.3, -0.25) is 0 Å². The highest BCUT2D eigenvalue weighted by Gasteiger charge is 2.28. The van der Waals surface area contributed by atoms with Crippen molar-refractivity contribution >= 4 is 15.9 Å². The van der Waals surface area contributed by atoms with Crippen molar-refractivity contribution < 1.29 is 4.74 Å². The summed E-state index contributed by atoms with van der Waals surface area (Å²) in [5.41, 5.74) is 7.65. The van der Waals surface area contributed by atoms with Crippen LogP contribution in [0.1, 0.15) is 30.0 Å². The van der Waals surface area contributed by atoms with E-state index in [4.69, 9.17) is 10.5 Å². The zero-order valence-corrected chi connectivity index (χ0v) is 9.67. The van der Waals surface area contributed by atoms with Gasteiger partial charge < -0.3 is 10.5 Å². The van der Waals surface area contributed by atoms with Crippen LogP contribution < -0.4 is 10.5 Å². The molecule has 0 bridgehead atoms. The molecule has 2 N–H and O–H groups in total. The highest BCUT2D eigenvalue weighted by atomic mass is 79.9. The second-order valence-electron chi connectivity index (χ2n) is 3.50. The molecule has 1 aromatic heterocycles. The first-order valence-electron chi connectivity index (χ1n) is 4.69. The molecule has 0 aromatic carbocycles. The van der Waals surface area contributed by atoms with E-state index in [1.165, 1.54) is 12.8 Å². The molecule has 1 fully saturated rings. The number of nitrogens with zero attached hydrogens (tertiary/aromatic N) is 1. The van der Waals surface area contributed by atoms with Gasteiger partial charge in [0.15, 0.2) is 0 Å². The van der Waals surface area contributed by atoms with E-state index in [0.29, 0.717) is 18.3 Å². The Morgan fingerprint density at radius 3 is 2.86 bits per heavy atom. The molecule has 1 aromatic rings. The molecule has 0 radical (unpaired) electrons. The van der Waals surface area contributed by atoms with Gasteiger partial charge in [-0.15, -0.1) is 0 Å². The maximum atomic E-state index is 5.60. The first kappa shape index (κ1) is 9.93. The van der Waals surface area contributed by atoms with Crippen molar-refractivity contribution in [2.24, 2.45) is 5.73 Å².